The Morgan fingerprint density at radius 3 is 2.70 bits per heavy atom. The van der Waals surface area contributed by atoms with E-state index in [2.05, 4.69) is 50.6 Å². The quantitative estimate of drug-likeness (QED) is 0.763. The second kappa shape index (κ2) is 4.34. The lowest BCUT2D eigenvalue weighted by Crippen LogP contribution is -1.91. The maximum absolute atomic E-state index is 4.65. The van der Waals surface area contributed by atoms with Crippen molar-refractivity contribution in [3.63, 3.8) is 0 Å². The normalized spacial score (nSPS) is 21.1. The molecule has 1 fully saturated rings. The molecule has 0 saturated heterocycles. The van der Waals surface area contributed by atoms with Gasteiger partial charge < -0.3 is 10.3 Å². The molecule has 0 aliphatic heterocycles. The van der Waals surface area contributed by atoms with E-state index < -0.39 is 0 Å². The summed E-state index contributed by atoms with van der Waals surface area (Å²) in [5, 5.41) is 3.04. The van der Waals surface area contributed by atoms with Gasteiger partial charge in [-0.1, -0.05) is 30.3 Å². The van der Waals surface area contributed by atoms with Crippen molar-refractivity contribution >= 4 is 17.0 Å². The Bertz CT molecular complexity index is 748. The van der Waals surface area contributed by atoms with E-state index in [1.54, 1.807) is 0 Å². The Hall–Kier alpha value is -2.36. The third kappa shape index (κ3) is 1.84. The van der Waals surface area contributed by atoms with Crippen molar-refractivity contribution in [2.24, 2.45) is 0 Å². The van der Waals surface area contributed by atoms with Crippen molar-refractivity contribution in [3.05, 3.63) is 53.9 Å². The zero-order valence-corrected chi connectivity index (χ0v) is 11.3. The standard InChI is InChI=1S/C16H16N4/c1-17-14-8-7-13-16(19-14)20-15(18-13)12-9-11(12)10-5-3-2-4-6-10/h2-8,11-12H,9H2,1H3,(H2,17,18,19,20). The number of imidazole rings is 1. The molecular weight excluding hydrogens is 248 g/mol. The highest BCUT2D eigenvalue weighted by Crippen LogP contribution is 2.53. The molecule has 4 heteroatoms. The largest absolute Gasteiger partial charge is 0.373 e. The first-order valence-electron chi connectivity index (χ1n) is 6.94. The summed E-state index contributed by atoms with van der Waals surface area (Å²) in [5.41, 5.74) is 3.21. The van der Waals surface area contributed by atoms with E-state index in [9.17, 15) is 0 Å². The SMILES string of the molecule is CNc1ccc2[nH]c(C3CC3c3ccccc3)nc2n1. The summed E-state index contributed by atoms with van der Waals surface area (Å²) in [4.78, 5) is 12.5. The lowest BCUT2D eigenvalue weighted by molar-refractivity contribution is 0.936. The average molecular weight is 264 g/mol. The molecule has 0 amide bonds. The van der Waals surface area contributed by atoms with Crippen molar-refractivity contribution in [2.75, 3.05) is 12.4 Å². The fraction of sp³-hybridized carbons (Fsp3) is 0.250. The number of aromatic nitrogens is 3. The third-order valence-corrected chi connectivity index (χ3v) is 3.99. The van der Waals surface area contributed by atoms with Gasteiger partial charge in [0, 0.05) is 13.0 Å². The van der Waals surface area contributed by atoms with Crippen LogP contribution in [-0.4, -0.2) is 22.0 Å². The highest BCUT2D eigenvalue weighted by molar-refractivity contribution is 5.73. The number of anilines is 1. The Labute approximate surface area is 117 Å². The van der Waals surface area contributed by atoms with E-state index in [4.69, 9.17) is 0 Å². The predicted octanol–water partition coefficient (Wildman–Crippen LogP) is 3.27. The first-order chi connectivity index (χ1) is 9.85. The van der Waals surface area contributed by atoms with Gasteiger partial charge >= 0.3 is 0 Å². The summed E-state index contributed by atoms with van der Waals surface area (Å²) in [7, 11) is 1.87. The van der Waals surface area contributed by atoms with E-state index in [0.29, 0.717) is 11.8 Å². The zero-order valence-electron chi connectivity index (χ0n) is 11.3. The van der Waals surface area contributed by atoms with E-state index in [1.165, 1.54) is 12.0 Å². The minimum absolute atomic E-state index is 0.504. The number of hydrogen-bond acceptors (Lipinski definition) is 3. The Kier molecular flexibility index (Phi) is 2.49. The zero-order chi connectivity index (χ0) is 13.5. The fourth-order valence-electron chi connectivity index (χ4n) is 2.79. The highest BCUT2D eigenvalue weighted by Gasteiger charge is 2.41. The molecule has 2 N–H and O–H groups in total. The lowest BCUT2D eigenvalue weighted by atomic mass is 10.1. The van der Waals surface area contributed by atoms with Gasteiger partial charge in [-0.2, -0.15) is 0 Å². The van der Waals surface area contributed by atoms with Crippen molar-refractivity contribution in [3.8, 4) is 0 Å². The number of pyridine rings is 1. The van der Waals surface area contributed by atoms with Gasteiger partial charge in [-0.15, -0.1) is 0 Å². The number of rotatable bonds is 3. The van der Waals surface area contributed by atoms with Gasteiger partial charge in [0.2, 0.25) is 0 Å². The maximum Gasteiger partial charge on any atom is 0.179 e. The summed E-state index contributed by atoms with van der Waals surface area (Å²) in [5.74, 6) is 3.02. The van der Waals surface area contributed by atoms with Gasteiger partial charge in [0.05, 0.1) is 5.52 Å². The predicted molar refractivity (Wildman–Crippen MR) is 80.0 cm³/mol. The molecular formula is C16H16N4. The van der Waals surface area contributed by atoms with Gasteiger partial charge in [-0.3, -0.25) is 0 Å². The maximum atomic E-state index is 4.65. The van der Waals surface area contributed by atoms with E-state index >= 15 is 0 Å². The van der Waals surface area contributed by atoms with Gasteiger partial charge in [-0.05, 0) is 30.0 Å². The molecule has 1 aliphatic rings. The van der Waals surface area contributed by atoms with Crippen LogP contribution in [0, 0.1) is 0 Å². The lowest BCUT2D eigenvalue weighted by Gasteiger charge is -1.97. The van der Waals surface area contributed by atoms with Crippen LogP contribution in [0.2, 0.25) is 0 Å². The summed E-state index contributed by atoms with van der Waals surface area (Å²) in [6.45, 7) is 0. The molecule has 3 aromatic rings. The molecule has 1 saturated carbocycles. The van der Waals surface area contributed by atoms with Gasteiger partial charge in [0.15, 0.2) is 5.65 Å². The van der Waals surface area contributed by atoms with Crippen molar-refractivity contribution in [1.29, 1.82) is 0 Å². The summed E-state index contributed by atoms with van der Waals surface area (Å²) >= 11 is 0. The van der Waals surface area contributed by atoms with E-state index in [0.717, 1.165) is 22.8 Å². The first kappa shape index (κ1) is 11.5. The number of aromatic amines is 1. The highest BCUT2D eigenvalue weighted by atomic mass is 15.0. The molecule has 20 heavy (non-hydrogen) atoms. The van der Waals surface area contributed by atoms with Crippen molar-refractivity contribution < 1.29 is 0 Å². The molecule has 4 nitrogen and oxygen atoms in total. The summed E-state index contributed by atoms with van der Waals surface area (Å²) in [6, 6.07) is 14.7. The monoisotopic (exact) mass is 264 g/mol. The van der Waals surface area contributed by atoms with Crippen LogP contribution in [0.15, 0.2) is 42.5 Å². The molecule has 0 bridgehead atoms. The van der Waals surface area contributed by atoms with Crippen LogP contribution >= 0.6 is 0 Å². The molecule has 1 aliphatic carbocycles. The molecule has 0 radical (unpaired) electrons. The first-order valence-corrected chi connectivity index (χ1v) is 6.94. The Morgan fingerprint density at radius 2 is 1.90 bits per heavy atom. The molecule has 1 aromatic carbocycles. The fourth-order valence-corrected chi connectivity index (χ4v) is 2.79. The molecule has 2 heterocycles. The second-order valence-corrected chi connectivity index (χ2v) is 5.30. The molecule has 4 rings (SSSR count). The molecule has 2 atom stereocenters. The number of nitrogens with one attached hydrogen (secondary N) is 2. The van der Waals surface area contributed by atoms with Gasteiger partial charge in [0.1, 0.15) is 11.6 Å². The van der Waals surface area contributed by atoms with Crippen LogP contribution in [-0.2, 0) is 0 Å². The Morgan fingerprint density at radius 1 is 1.05 bits per heavy atom. The smallest absolute Gasteiger partial charge is 0.179 e. The van der Waals surface area contributed by atoms with Crippen molar-refractivity contribution in [2.45, 2.75) is 18.3 Å². The number of hydrogen-bond donors (Lipinski definition) is 2. The number of benzene rings is 1. The average Bonchev–Trinajstić information content (AvgIpc) is 3.20. The van der Waals surface area contributed by atoms with Crippen LogP contribution in [0.3, 0.4) is 0 Å². The summed E-state index contributed by atoms with van der Waals surface area (Å²) < 4.78 is 0. The molecule has 100 valence electrons. The number of fused-ring (bicyclic) bond motifs is 1. The van der Waals surface area contributed by atoms with E-state index in [1.807, 2.05) is 19.2 Å². The third-order valence-electron chi connectivity index (χ3n) is 3.99. The molecule has 0 spiro atoms. The van der Waals surface area contributed by atoms with Gasteiger partial charge in [0.25, 0.3) is 0 Å². The van der Waals surface area contributed by atoms with Crippen LogP contribution in [0.5, 0.6) is 0 Å². The minimum Gasteiger partial charge on any atom is -0.373 e. The van der Waals surface area contributed by atoms with Gasteiger partial charge in [-0.25, -0.2) is 9.97 Å². The topological polar surface area (TPSA) is 53.6 Å². The Balaban J connectivity index is 1.64. The summed E-state index contributed by atoms with van der Waals surface area (Å²) in [6.07, 6.45) is 1.17. The number of H-pyrrole nitrogens is 1. The molecule has 2 unspecified atom stereocenters. The van der Waals surface area contributed by atoms with Crippen LogP contribution in [0.25, 0.3) is 11.2 Å². The van der Waals surface area contributed by atoms with Crippen LogP contribution in [0.1, 0.15) is 29.6 Å². The minimum atomic E-state index is 0.504. The second-order valence-electron chi connectivity index (χ2n) is 5.30. The molecule has 2 aromatic heterocycles. The van der Waals surface area contributed by atoms with E-state index in [-0.39, 0.29) is 0 Å². The van der Waals surface area contributed by atoms with Crippen molar-refractivity contribution in [1.82, 2.24) is 15.0 Å². The van der Waals surface area contributed by atoms with Crippen LogP contribution in [0.4, 0.5) is 5.82 Å². The number of nitrogens with zero attached hydrogens (tertiary/aromatic N) is 2. The van der Waals surface area contributed by atoms with Crippen LogP contribution < -0.4 is 5.32 Å².